The fourth-order valence-electron chi connectivity index (χ4n) is 7.26. The summed E-state index contributed by atoms with van der Waals surface area (Å²) in [5.41, 5.74) is 1.68. The number of fused-ring (bicyclic) bond motifs is 4. The van der Waals surface area contributed by atoms with Crippen molar-refractivity contribution in [3.05, 3.63) is 87.2 Å². The lowest BCUT2D eigenvalue weighted by atomic mass is 9.57. The van der Waals surface area contributed by atoms with Crippen LogP contribution in [0.5, 0.6) is 5.88 Å². The van der Waals surface area contributed by atoms with Crippen LogP contribution in [0.15, 0.2) is 52.6 Å². The second-order valence-corrected chi connectivity index (χ2v) is 19.3. The summed E-state index contributed by atoms with van der Waals surface area (Å²) in [6.45, 7) is 12.3. The Kier molecular flexibility index (Phi) is 7.66. The molecule has 1 aromatic heterocycles. The molecule has 10 heteroatoms. The van der Waals surface area contributed by atoms with E-state index >= 15 is 9.59 Å². The van der Waals surface area contributed by atoms with Crippen LogP contribution in [0.4, 0.5) is 0 Å². The van der Waals surface area contributed by atoms with Gasteiger partial charge in [-0.1, -0.05) is 57.2 Å². The number of carbonyl (C=O) groups excluding carboxylic acids is 2. The molecule has 0 spiro atoms. The molecule has 1 N–H and O–H groups in total. The number of ketones is 2. The van der Waals surface area contributed by atoms with Crippen LogP contribution in [0.25, 0.3) is 5.76 Å². The molecular weight excluding hydrogens is 598 g/mol. The highest BCUT2D eigenvalue weighted by atomic mass is 28.4. The van der Waals surface area contributed by atoms with Crippen LogP contribution in [-0.4, -0.2) is 54.7 Å². The Bertz CT molecular complexity index is 1810. The quantitative estimate of drug-likeness (QED) is 0.231. The lowest BCUT2D eigenvalue weighted by molar-refractivity contribution is -0.140. The maximum Gasteiger partial charge on any atom is 0.265 e. The van der Waals surface area contributed by atoms with Crippen molar-refractivity contribution in [2.75, 3.05) is 14.1 Å². The summed E-state index contributed by atoms with van der Waals surface area (Å²) >= 11 is 0. The average molecular weight is 640 g/mol. The van der Waals surface area contributed by atoms with Crippen LogP contribution in [-0.2, 0) is 22.2 Å². The van der Waals surface area contributed by atoms with E-state index in [0.29, 0.717) is 29.7 Å². The summed E-state index contributed by atoms with van der Waals surface area (Å²) in [6, 6.07) is 14.8. The molecule has 3 aromatic rings. The van der Waals surface area contributed by atoms with Gasteiger partial charge in [0.05, 0.1) is 17.7 Å². The molecule has 1 fully saturated rings. The molecule has 1 heterocycles. The van der Waals surface area contributed by atoms with E-state index in [0.717, 1.165) is 16.7 Å². The molecule has 0 saturated heterocycles. The number of rotatable bonds is 6. The summed E-state index contributed by atoms with van der Waals surface area (Å²) < 4.78 is 19.2. The Morgan fingerprint density at radius 1 is 1.11 bits per heavy atom. The van der Waals surface area contributed by atoms with E-state index in [4.69, 9.17) is 13.7 Å². The number of nitriles is 1. The molecule has 0 amide bonds. The van der Waals surface area contributed by atoms with Crippen LogP contribution >= 0.6 is 0 Å². The van der Waals surface area contributed by atoms with Crippen LogP contribution in [0, 0.1) is 30.1 Å². The van der Waals surface area contributed by atoms with Gasteiger partial charge in [0.1, 0.15) is 17.9 Å². The molecule has 0 radical (unpaired) electrons. The predicted molar refractivity (Wildman–Crippen MR) is 175 cm³/mol. The van der Waals surface area contributed by atoms with Crippen LogP contribution < -0.4 is 4.74 Å². The van der Waals surface area contributed by atoms with Gasteiger partial charge in [-0.15, -0.1) is 0 Å². The number of hydrogen-bond acceptors (Lipinski definition) is 9. The molecule has 3 aliphatic rings. The summed E-state index contributed by atoms with van der Waals surface area (Å²) in [4.78, 5) is 32.4. The zero-order chi connectivity index (χ0) is 33.3. The molecule has 1 saturated carbocycles. The third kappa shape index (κ3) is 4.67. The number of ether oxygens (including phenoxy) is 1. The van der Waals surface area contributed by atoms with Crippen molar-refractivity contribution in [3.63, 3.8) is 0 Å². The van der Waals surface area contributed by atoms with E-state index in [1.165, 1.54) is 0 Å². The molecule has 2 aromatic carbocycles. The third-order valence-electron chi connectivity index (χ3n) is 10.5. The average Bonchev–Trinajstić information content (AvgIpc) is 3.40. The van der Waals surface area contributed by atoms with Crippen LogP contribution in [0.3, 0.4) is 0 Å². The summed E-state index contributed by atoms with van der Waals surface area (Å²) in [7, 11) is 0.945. The van der Waals surface area contributed by atoms with Gasteiger partial charge < -0.3 is 18.8 Å². The van der Waals surface area contributed by atoms with Gasteiger partial charge in [0.25, 0.3) is 5.88 Å². The first kappa shape index (κ1) is 31.9. The van der Waals surface area contributed by atoms with Crippen LogP contribution in [0.2, 0.25) is 18.1 Å². The van der Waals surface area contributed by atoms with Crippen molar-refractivity contribution in [2.45, 2.75) is 76.9 Å². The van der Waals surface area contributed by atoms with E-state index < -0.39 is 43.4 Å². The van der Waals surface area contributed by atoms with Crippen molar-refractivity contribution in [1.82, 2.24) is 10.1 Å². The van der Waals surface area contributed by atoms with Gasteiger partial charge in [0, 0.05) is 17.1 Å². The Morgan fingerprint density at radius 2 is 1.80 bits per heavy atom. The predicted octanol–water partition coefficient (Wildman–Crippen LogP) is 6.72. The standard InChI is InChI=1S/C36H41N3O6Si/c1-20-14-15-22(18-37)24-16-23-17-25-29(39(5)6)31-28(34(38-44-31)43-19-21-12-10-9-11-13-21)33(42)36(25,45-46(7,8)35(2,3)4)32(41)27(23)30(40)26(20)24/h9-15,23,25,29,40H,16-17,19H2,1-8H3/t23-,25-,29-,36-/m0/s1. The van der Waals surface area contributed by atoms with Gasteiger partial charge in [-0.05, 0) is 85.8 Å². The fraction of sp³-hybridized carbons (Fsp3) is 0.444. The molecule has 4 atom stereocenters. The zero-order valence-electron chi connectivity index (χ0n) is 27.7. The van der Waals surface area contributed by atoms with E-state index in [1.54, 1.807) is 12.1 Å². The molecular formula is C36H41N3O6Si. The Morgan fingerprint density at radius 3 is 2.43 bits per heavy atom. The normalized spacial score (nSPS) is 24.2. The molecule has 46 heavy (non-hydrogen) atoms. The van der Waals surface area contributed by atoms with E-state index in [2.05, 4.69) is 32.0 Å². The van der Waals surface area contributed by atoms with Gasteiger partial charge in [-0.25, -0.2) is 0 Å². The SMILES string of the molecule is Cc1ccc(C#N)c2c1C(O)=C1C(=O)[C@]3(O[Si](C)(C)C(C)(C)C)C(=O)c4c(OCc5ccccc5)noc4[C@@H](N(C)C)[C@@H]3C[C@@H]1C2. The Labute approximate surface area is 270 Å². The number of aryl methyl sites for hydroxylation is 1. The monoisotopic (exact) mass is 639 g/mol. The number of benzene rings is 2. The summed E-state index contributed by atoms with van der Waals surface area (Å²) in [5, 5.41) is 25.7. The third-order valence-corrected chi connectivity index (χ3v) is 15.0. The number of aliphatic hydroxyl groups is 1. The maximum atomic E-state index is 15.3. The zero-order valence-corrected chi connectivity index (χ0v) is 28.7. The van der Waals surface area contributed by atoms with Crippen LogP contribution in [0.1, 0.15) is 77.2 Å². The molecule has 9 nitrogen and oxygen atoms in total. The van der Waals surface area contributed by atoms with Crippen molar-refractivity contribution in [2.24, 2.45) is 11.8 Å². The minimum atomic E-state index is -2.82. The van der Waals surface area contributed by atoms with Gasteiger partial charge >= 0.3 is 0 Å². The molecule has 6 rings (SSSR count). The van der Waals surface area contributed by atoms with Gasteiger partial charge in [0.2, 0.25) is 11.6 Å². The lowest BCUT2D eigenvalue weighted by Gasteiger charge is -2.55. The van der Waals surface area contributed by atoms with E-state index in [1.807, 2.05) is 69.3 Å². The smallest absolute Gasteiger partial charge is 0.265 e. The minimum absolute atomic E-state index is 0.0176. The second kappa shape index (κ2) is 11.0. The maximum absolute atomic E-state index is 15.3. The largest absolute Gasteiger partial charge is 0.507 e. The minimum Gasteiger partial charge on any atom is -0.507 e. The number of aromatic nitrogens is 1. The highest BCUT2D eigenvalue weighted by Gasteiger charge is 2.68. The lowest BCUT2D eigenvalue weighted by Crippen LogP contribution is -2.68. The first-order valence-electron chi connectivity index (χ1n) is 15.7. The fourth-order valence-corrected chi connectivity index (χ4v) is 8.70. The second-order valence-electron chi connectivity index (χ2n) is 14.6. The van der Waals surface area contributed by atoms with Crippen molar-refractivity contribution >= 4 is 25.6 Å². The van der Waals surface area contributed by atoms with E-state index in [-0.39, 0.29) is 34.4 Å². The number of aliphatic hydroxyl groups excluding tert-OH is 1. The van der Waals surface area contributed by atoms with Gasteiger partial charge in [-0.3, -0.25) is 14.5 Å². The molecule has 240 valence electrons. The number of Topliss-reactive ketones (excluding diaryl/α,β-unsaturated/α-hetero) is 2. The molecule has 0 bridgehead atoms. The highest BCUT2D eigenvalue weighted by molar-refractivity contribution is 6.74. The number of hydrogen-bond donors (Lipinski definition) is 1. The molecule has 0 unspecified atom stereocenters. The van der Waals surface area contributed by atoms with E-state index in [9.17, 15) is 10.4 Å². The summed E-state index contributed by atoms with van der Waals surface area (Å²) in [6.07, 6.45) is 0.744. The Hall–Kier alpha value is -4.04. The number of nitrogens with zero attached hydrogens (tertiary/aromatic N) is 3. The van der Waals surface area contributed by atoms with Crippen molar-refractivity contribution in [3.8, 4) is 11.9 Å². The first-order valence-corrected chi connectivity index (χ1v) is 18.6. The van der Waals surface area contributed by atoms with Gasteiger partial charge in [0.15, 0.2) is 19.7 Å². The van der Waals surface area contributed by atoms with Crippen molar-refractivity contribution in [1.29, 1.82) is 5.26 Å². The number of carbonyl (C=O) groups is 2. The van der Waals surface area contributed by atoms with Gasteiger partial charge in [-0.2, -0.15) is 5.26 Å². The first-order chi connectivity index (χ1) is 21.6. The Balaban J connectivity index is 1.58. The summed E-state index contributed by atoms with van der Waals surface area (Å²) in [5.74, 6) is -1.97. The van der Waals surface area contributed by atoms with Crippen molar-refractivity contribution < 1.29 is 28.4 Å². The highest BCUT2D eigenvalue weighted by Crippen LogP contribution is 2.58. The molecule has 3 aliphatic carbocycles. The topological polar surface area (TPSA) is 126 Å². The molecule has 0 aliphatic heterocycles.